The lowest BCUT2D eigenvalue weighted by Gasteiger charge is -2.13. The van der Waals surface area contributed by atoms with Gasteiger partial charge in [-0.25, -0.2) is 9.88 Å². The Morgan fingerprint density at radius 2 is 1.70 bits per heavy atom. The van der Waals surface area contributed by atoms with Crippen LogP contribution in [0, 0.1) is 0 Å². The van der Waals surface area contributed by atoms with Gasteiger partial charge in [-0.3, -0.25) is 14.4 Å². The second-order valence-electron chi connectivity index (χ2n) is 7.51. The first-order valence-corrected chi connectivity index (χ1v) is 12.2. The quantitative estimate of drug-likeness (QED) is 0.300. The summed E-state index contributed by atoms with van der Waals surface area (Å²) in [7, 11) is 0. The number of benzene rings is 3. The Labute approximate surface area is 198 Å². The van der Waals surface area contributed by atoms with E-state index >= 15 is 0 Å². The monoisotopic (exact) mass is 473 g/mol. The largest absolute Gasteiger partial charge is 0.325 e. The normalized spacial score (nSPS) is 12.9. The van der Waals surface area contributed by atoms with Crippen LogP contribution in [0.3, 0.4) is 0 Å². The molecule has 5 rings (SSSR count). The van der Waals surface area contributed by atoms with Crippen LogP contribution in [0.2, 0.25) is 0 Å². The summed E-state index contributed by atoms with van der Waals surface area (Å²) >= 11 is 2.79. The Balaban J connectivity index is 1.28. The van der Waals surface area contributed by atoms with Crippen molar-refractivity contribution in [1.82, 2.24) is 4.98 Å². The summed E-state index contributed by atoms with van der Waals surface area (Å²) in [5.74, 6) is -0.508. The summed E-state index contributed by atoms with van der Waals surface area (Å²) in [6.45, 7) is 2.09. The van der Waals surface area contributed by atoms with Gasteiger partial charge in [0.15, 0.2) is 4.34 Å². The number of carbonyl (C=O) groups excluding carboxylic acids is 3. The number of aromatic nitrogens is 1. The first-order chi connectivity index (χ1) is 16.0. The van der Waals surface area contributed by atoms with E-state index in [2.05, 4.69) is 17.2 Å². The van der Waals surface area contributed by atoms with E-state index in [0.29, 0.717) is 16.8 Å². The van der Waals surface area contributed by atoms with E-state index in [0.717, 1.165) is 26.7 Å². The molecule has 3 aromatic carbocycles. The van der Waals surface area contributed by atoms with Crippen molar-refractivity contribution >= 4 is 62.4 Å². The topological polar surface area (TPSA) is 79.4 Å². The predicted molar refractivity (Wildman–Crippen MR) is 132 cm³/mol. The first-order valence-electron chi connectivity index (χ1n) is 10.4. The molecule has 0 radical (unpaired) electrons. The van der Waals surface area contributed by atoms with Crippen LogP contribution in [0.4, 0.5) is 11.4 Å². The number of hydrogen-bond acceptors (Lipinski definition) is 6. The van der Waals surface area contributed by atoms with Gasteiger partial charge in [0.2, 0.25) is 5.91 Å². The highest BCUT2D eigenvalue weighted by Crippen LogP contribution is 2.35. The van der Waals surface area contributed by atoms with Gasteiger partial charge in [0.05, 0.1) is 32.8 Å². The molecule has 8 heteroatoms. The highest BCUT2D eigenvalue weighted by atomic mass is 32.2. The van der Waals surface area contributed by atoms with E-state index in [4.69, 9.17) is 0 Å². The lowest BCUT2D eigenvalue weighted by atomic mass is 10.1. The van der Waals surface area contributed by atoms with Gasteiger partial charge in [0, 0.05) is 5.69 Å². The molecule has 0 atom stereocenters. The molecule has 1 aliphatic rings. The average molecular weight is 474 g/mol. The smallest absolute Gasteiger partial charge is 0.266 e. The number of rotatable bonds is 6. The number of carbonyl (C=O) groups is 3. The van der Waals surface area contributed by atoms with Gasteiger partial charge in [0.25, 0.3) is 11.8 Å². The molecule has 33 heavy (non-hydrogen) atoms. The molecule has 0 unspecified atom stereocenters. The van der Waals surface area contributed by atoms with Crippen LogP contribution in [0.5, 0.6) is 0 Å². The number of thiazole rings is 1. The summed E-state index contributed by atoms with van der Waals surface area (Å²) < 4.78 is 1.60. The van der Waals surface area contributed by atoms with E-state index < -0.39 is 0 Å². The Bertz CT molecular complexity index is 1360. The fraction of sp³-hybridized carbons (Fsp3) is 0.120. The summed E-state index contributed by atoms with van der Waals surface area (Å²) in [6, 6.07) is 20.0. The van der Waals surface area contributed by atoms with Crippen molar-refractivity contribution in [2.45, 2.75) is 17.7 Å². The van der Waals surface area contributed by atoms with Crippen molar-refractivity contribution in [3.63, 3.8) is 0 Å². The minimum absolute atomic E-state index is 0.102. The molecule has 0 fully saturated rings. The molecule has 3 amide bonds. The Morgan fingerprint density at radius 3 is 2.36 bits per heavy atom. The SMILES string of the molecule is CCc1ccc(NC(=O)CSc2nc3ccc(N4C(=O)c5ccccc5C4=O)cc3s2)cc1. The molecule has 0 saturated carbocycles. The molecular weight excluding hydrogens is 454 g/mol. The van der Waals surface area contributed by atoms with Crippen LogP contribution in [0.25, 0.3) is 10.2 Å². The predicted octanol–water partition coefficient (Wildman–Crippen LogP) is 5.39. The van der Waals surface area contributed by atoms with Crippen LogP contribution in [0.15, 0.2) is 71.1 Å². The molecule has 0 spiro atoms. The molecule has 4 aromatic rings. The summed E-state index contributed by atoms with van der Waals surface area (Å²) in [6.07, 6.45) is 0.955. The summed E-state index contributed by atoms with van der Waals surface area (Å²) in [5, 5.41) is 2.90. The maximum atomic E-state index is 12.8. The number of nitrogens with zero attached hydrogens (tertiary/aromatic N) is 2. The number of aryl methyl sites for hydroxylation is 1. The van der Waals surface area contributed by atoms with Gasteiger partial charge in [0.1, 0.15) is 0 Å². The molecule has 1 aliphatic heterocycles. The molecule has 2 heterocycles. The number of amides is 3. The number of imide groups is 1. The molecule has 0 bridgehead atoms. The van der Waals surface area contributed by atoms with Crippen molar-refractivity contribution in [3.05, 3.63) is 83.4 Å². The second kappa shape index (κ2) is 8.80. The van der Waals surface area contributed by atoms with Gasteiger partial charge >= 0.3 is 0 Å². The molecule has 1 N–H and O–H groups in total. The van der Waals surface area contributed by atoms with E-state index in [9.17, 15) is 14.4 Å². The fourth-order valence-electron chi connectivity index (χ4n) is 3.66. The lowest BCUT2D eigenvalue weighted by molar-refractivity contribution is -0.113. The minimum atomic E-state index is -0.322. The molecular formula is C25H19N3O3S2. The average Bonchev–Trinajstić information content (AvgIpc) is 3.36. The first kappa shape index (κ1) is 21.4. The van der Waals surface area contributed by atoms with Crippen LogP contribution in [-0.4, -0.2) is 28.5 Å². The standard InChI is InChI=1S/C25H19N3O3S2/c1-2-15-7-9-16(10-8-15)26-22(29)14-32-25-27-20-12-11-17(13-21(20)33-25)28-23(30)18-5-3-4-6-19(18)24(28)31/h3-13H,2,14H2,1H3,(H,26,29). The van der Waals surface area contributed by atoms with Crippen molar-refractivity contribution in [1.29, 1.82) is 0 Å². The van der Waals surface area contributed by atoms with Crippen LogP contribution >= 0.6 is 23.1 Å². The highest BCUT2D eigenvalue weighted by molar-refractivity contribution is 8.01. The zero-order valence-corrected chi connectivity index (χ0v) is 19.3. The van der Waals surface area contributed by atoms with Crippen LogP contribution in [0.1, 0.15) is 33.2 Å². The van der Waals surface area contributed by atoms with Gasteiger partial charge < -0.3 is 5.32 Å². The molecule has 1 aromatic heterocycles. The maximum Gasteiger partial charge on any atom is 0.266 e. The highest BCUT2D eigenvalue weighted by Gasteiger charge is 2.36. The van der Waals surface area contributed by atoms with E-state index in [-0.39, 0.29) is 23.5 Å². The Hall–Kier alpha value is -3.49. The molecule has 0 saturated heterocycles. The molecule has 164 valence electrons. The third kappa shape index (κ3) is 4.15. The van der Waals surface area contributed by atoms with Crippen LogP contribution < -0.4 is 10.2 Å². The maximum absolute atomic E-state index is 12.8. The Kier molecular flexibility index (Phi) is 5.70. The van der Waals surface area contributed by atoms with E-state index in [1.54, 1.807) is 42.5 Å². The lowest BCUT2D eigenvalue weighted by Crippen LogP contribution is -2.29. The van der Waals surface area contributed by atoms with Gasteiger partial charge in [-0.2, -0.15) is 0 Å². The number of anilines is 2. The van der Waals surface area contributed by atoms with Gasteiger partial charge in [-0.1, -0.05) is 43.0 Å². The van der Waals surface area contributed by atoms with E-state index in [1.807, 2.05) is 24.3 Å². The van der Waals surface area contributed by atoms with Crippen molar-refractivity contribution in [3.8, 4) is 0 Å². The summed E-state index contributed by atoms with van der Waals surface area (Å²) in [5.41, 5.74) is 4.10. The number of hydrogen-bond donors (Lipinski definition) is 1. The second-order valence-corrected chi connectivity index (χ2v) is 9.76. The fourth-order valence-corrected chi connectivity index (χ4v) is 5.57. The van der Waals surface area contributed by atoms with Crippen molar-refractivity contribution in [2.75, 3.05) is 16.0 Å². The summed E-state index contributed by atoms with van der Waals surface area (Å²) in [4.78, 5) is 43.6. The van der Waals surface area contributed by atoms with E-state index in [1.165, 1.54) is 33.6 Å². The third-order valence-electron chi connectivity index (χ3n) is 5.38. The number of fused-ring (bicyclic) bond motifs is 2. The number of nitrogens with one attached hydrogen (secondary N) is 1. The molecule has 0 aliphatic carbocycles. The van der Waals surface area contributed by atoms with Gasteiger partial charge in [-0.15, -0.1) is 11.3 Å². The van der Waals surface area contributed by atoms with Crippen molar-refractivity contribution in [2.24, 2.45) is 0 Å². The molecule has 6 nitrogen and oxygen atoms in total. The third-order valence-corrected chi connectivity index (χ3v) is 7.54. The Morgan fingerprint density at radius 1 is 1.00 bits per heavy atom. The zero-order chi connectivity index (χ0) is 22.9. The van der Waals surface area contributed by atoms with Gasteiger partial charge in [-0.05, 0) is 54.4 Å². The minimum Gasteiger partial charge on any atom is -0.325 e. The zero-order valence-electron chi connectivity index (χ0n) is 17.7. The number of thioether (sulfide) groups is 1. The van der Waals surface area contributed by atoms with Crippen molar-refractivity contribution < 1.29 is 14.4 Å². The van der Waals surface area contributed by atoms with Crippen LogP contribution in [-0.2, 0) is 11.2 Å².